The van der Waals surface area contributed by atoms with Crippen LogP contribution in [0.3, 0.4) is 0 Å². The molecule has 2 aliphatic rings. The highest BCUT2D eigenvalue weighted by atomic mass is 32.1. The lowest BCUT2D eigenvalue weighted by molar-refractivity contribution is 0.266. The van der Waals surface area contributed by atoms with Crippen LogP contribution in [-0.2, 0) is 8.61 Å². The molecule has 0 saturated carbocycles. The summed E-state index contributed by atoms with van der Waals surface area (Å²) >= 11 is 3.87. The number of rotatable bonds is 3. The zero-order valence-electron chi connectivity index (χ0n) is 10.9. The van der Waals surface area contributed by atoms with Crippen LogP contribution in [0.15, 0.2) is 35.3 Å². The Hall–Kier alpha value is -0.613. The van der Waals surface area contributed by atoms with Crippen molar-refractivity contribution in [3.05, 3.63) is 35.3 Å². The lowest BCUT2D eigenvalue weighted by Crippen LogP contribution is -2.32. The predicted octanol–water partition coefficient (Wildman–Crippen LogP) is 4.21. The summed E-state index contributed by atoms with van der Waals surface area (Å²) < 4.78 is 11.2. The van der Waals surface area contributed by atoms with E-state index >= 15 is 0 Å². The molecule has 0 radical (unpaired) electrons. The van der Waals surface area contributed by atoms with E-state index in [0.717, 1.165) is 24.4 Å². The summed E-state index contributed by atoms with van der Waals surface area (Å²) in [5.74, 6) is 2.07. The summed E-state index contributed by atoms with van der Waals surface area (Å²) in [5.41, 5.74) is 1.32. The Bertz CT molecular complexity index is 418. The van der Waals surface area contributed by atoms with Crippen LogP contribution in [0.25, 0.3) is 0 Å². The van der Waals surface area contributed by atoms with Crippen molar-refractivity contribution in [3.8, 4) is 0 Å². The summed E-state index contributed by atoms with van der Waals surface area (Å²) in [7, 11) is -1.54. The standard InChI is InChI=1S/C13H20O2SSi/c1-13-8-7-11(14-16)9-10(13)5-6-12(13)15-17(2,3)4/h5-6,9,16H,7-8H2,1-4H3/t13-/m0/s1. The van der Waals surface area contributed by atoms with Gasteiger partial charge in [0.05, 0.1) is 5.76 Å². The van der Waals surface area contributed by atoms with Crippen LogP contribution in [0.4, 0.5) is 0 Å². The van der Waals surface area contributed by atoms with Gasteiger partial charge in [0.15, 0.2) is 0 Å². The largest absolute Gasteiger partial charge is 0.547 e. The van der Waals surface area contributed by atoms with Crippen molar-refractivity contribution in [1.82, 2.24) is 0 Å². The highest BCUT2D eigenvalue weighted by Gasteiger charge is 2.41. The number of hydrogen-bond acceptors (Lipinski definition) is 3. The third-order valence-electron chi connectivity index (χ3n) is 3.32. The molecule has 0 aliphatic heterocycles. The van der Waals surface area contributed by atoms with Gasteiger partial charge < -0.3 is 8.61 Å². The van der Waals surface area contributed by atoms with Crippen LogP contribution in [0.2, 0.25) is 19.6 Å². The highest BCUT2D eigenvalue weighted by Crippen LogP contribution is 2.49. The van der Waals surface area contributed by atoms with Crippen molar-refractivity contribution in [1.29, 1.82) is 0 Å². The van der Waals surface area contributed by atoms with Gasteiger partial charge in [0.2, 0.25) is 8.32 Å². The first-order valence-electron chi connectivity index (χ1n) is 5.99. The fourth-order valence-electron chi connectivity index (χ4n) is 2.32. The molecule has 0 amide bonds. The van der Waals surface area contributed by atoms with Gasteiger partial charge in [-0.1, -0.05) is 6.08 Å². The minimum Gasteiger partial charge on any atom is -0.547 e. The second-order valence-electron chi connectivity index (χ2n) is 5.90. The Morgan fingerprint density at radius 3 is 2.59 bits per heavy atom. The van der Waals surface area contributed by atoms with Crippen molar-refractivity contribution in [2.75, 3.05) is 0 Å². The van der Waals surface area contributed by atoms with Gasteiger partial charge >= 0.3 is 0 Å². The molecule has 2 aliphatic carbocycles. The number of allylic oxidation sites excluding steroid dienone is 5. The second-order valence-corrected chi connectivity index (χ2v) is 10.5. The first-order chi connectivity index (χ1) is 7.85. The molecule has 0 unspecified atom stereocenters. The van der Waals surface area contributed by atoms with Crippen molar-refractivity contribution < 1.29 is 8.61 Å². The van der Waals surface area contributed by atoms with Crippen molar-refractivity contribution >= 4 is 21.2 Å². The second kappa shape index (κ2) is 4.25. The van der Waals surface area contributed by atoms with Gasteiger partial charge in [0.1, 0.15) is 5.76 Å². The first-order valence-corrected chi connectivity index (χ1v) is 9.76. The molecule has 0 spiro atoms. The van der Waals surface area contributed by atoms with Gasteiger partial charge in [-0.2, -0.15) is 0 Å². The van der Waals surface area contributed by atoms with Gasteiger partial charge in [-0.25, -0.2) is 0 Å². The maximum absolute atomic E-state index is 6.20. The molecule has 0 fully saturated rings. The molecule has 0 bridgehead atoms. The van der Waals surface area contributed by atoms with Gasteiger partial charge in [-0.05, 0) is 50.7 Å². The van der Waals surface area contributed by atoms with Crippen LogP contribution in [0.5, 0.6) is 0 Å². The van der Waals surface area contributed by atoms with E-state index in [0.29, 0.717) is 0 Å². The molecule has 0 heterocycles. The van der Waals surface area contributed by atoms with Crippen LogP contribution >= 0.6 is 12.9 Å². The smallest absolute Gasteiger partial charge is 0.241 e. The van der Waals surface area contributed by atoms with Crippen molar-refractivity contribution in [2.45, 2.75) is 39.4 Å². The Labute approximate surface area is 110 Å². The molecule has 17 heavy (non-hydrogen) atoms. The fourth-order valence-corrected chi connectivity index (χ4v) is 3.41. The molecule has 0 aromatic heterocycles. The van der Waals surface area contributed by atoms with Gasteiger partial charge in [0.25, 0.3) is 0 Å². The first kappa shape index (κ1) is 12.8. The topological polar surface area (TPSA) is 18.5 Å². The third kappa shape index (κ3) is 2.47. The van der Waals surface area contributed by atoms with Crippen LogP contribution in [-0.4, -0.2) is 8.32 Å². The molecule has 2 nitrogen and oxygen atoms in total. The number of fused-ring (bicyclic) bond motifs is 1. The number of thiol groups is 1. The summed E-state index contributed by atoms with van der Waals surface area (Å²) in [4.78, 5) is 0. The molecule has 1 atom stereocenters. The third-order valence-corrected chi connectivity index (χ3v) is 4.38. The van der Waals surface area contributed by atoms with E-state index in [9.17, 15) is 0 Å². The molecular formula is C13H20O2SSi. The van der Waals surface area contributed by atoms with Crippen LogP contribution in [0.1, 0.15) is 19.8 Å². The molecule has 0 aromatic carbocycles. The highest BCUT2D eigenvalue weighted by molar-refractivity contribution is 7.75. The molecule has 2 rings (SSSR count). The number of hydrogen-bond donors (Lipinski definition) is 1. The van der Waals surface area contributed by atoms with E-state index in [1.165, 1.54) is 5.57 Å². The zero-order chi connectivity index (χ0) is 12.7. The average Bonchev–Trinajstić information content (AvgIpc) is 2.53. The minimum atomic E-state index is -1.54. The van der Waals surface area contributed by atoms with E-state index in [1.807, 2.05) is 0 Å². The van der Waals surface area contributed by atoms with Gasteiger partial charge in [-0.15, -0.1) is 0 Å². The van der Waals surface area contributed by atoms with Crippen molar-refractivity contribution in [3.63, 3.8) is 0 Å². The predicted molar refractivity (Wildman–Crippen MR) is 76.1 cm³/mol. The molecule has 0 aromatic rings. The molecule has 4 heteroatoms. The van der Waals surface area contributed by atoms with E-state index in [-0.39, 0.29) is 5.41 Å². The average molecular weight is 268 g/mol. The summed E-state index contributed by atoms with van der Waals surface area (Å²) in [5, 5.41) is 0. The van der Waals surface area contributed by atoms with Crippen molar-refractivity contribution in [2.24, 2.45) is 5.41 Å². The quantitative estimate of drug-likeness (QED) is 0.469. The minimum absolute atomic E-state index is 0.0378. The Balaban J connectivity index is 2.22. The van der Waals surface area contributed by atoms with Gasteiger partial charge in [0, 0.05) is 24.7 Å². The summed E-state index contributed by atoms with van der Waals surface area (Å²) in [6.07, 6.45) is 8.30. The normalized spacial score (nSPS) is 27.9. The zero-order valence-corrected chi connectivity index (χ0v) is 12.8. The Morgan fingerprint density at radius 2 is 2.00 bits per heavy atom. The maximum atomic E-state index is 6.20. The molecule has 94 valence electrons. The van der Waals surface area contributed by atoms with E-state index in [1.54, 1.807) is 0 Å². The lowest BCUT2D eigenvalue weighted by atomic mass is 9.75. The summed E-state index contributed by atoms with van der Waals surface area (Å²) in [6, 6.07) is 0. The van der Waals surface area contributed by atoms with Crippen LogP contribution in [0, 0.1) is 5.41 Å². The van der Waals surface area contributed by atoms with Crippen LogP contribution < -0.4 is 0 Å². The summed E-state index contributed by atoms with van der Waals surface area (Å²) in [6.45, 7) is 8.91. The maximum Gasteiger partial charge on any atom is 0.241 e. The van der Waals surface area contributed by atoms with E-state index in [4.69, 9.17) is 8.61 Å². The molecule has 0 N–H and O–H groups in total. The Kier molecular flexibility index (Phi) is 3.21. The fraction of sp³-hybridized carbons (Fsp3) is 0.538. The Morgan fingerprint density at radius 1 is 1.29 bits per heavy atom. The molecule has 0 saturated heterocycles. The lowest BCUT2D eigenvalue weighted by Gasteiger charge is -2.36. The molecular weight excluding hydrogens is 248 g/mol. The van der Waals surface area contributed by atoms with Gasteiger partial charge in [-0.3, -0.25) is 0 Å². The SMILES string of the molecule is C[C@]12CCC(OS)=CC1=CC=C2O[Si](C)(C)C. The van der Waals surface area contributed by atoms with E-state index < -0.39 is 8.32 Å². The monoisotopic (exact) mass is 268 g/mol. The van der Waals surface area contributed by atoms with E-state index in [2.05, 4.69) is 57.7 Å².